The average molecular weight is 283 g/mol. The molecule has 2 aromatic rings. The standard InChI is InChI=1S/C16H21N5/c1-11-5-6-14-13(8-11)4-3-7-21(14)10-16-18-12(2)9-15(19-16)20-17/h5-6,8-9H,3-4,7,10,17H2,1-2H3,(H,18,19,20). The number of hydrogen-bond donors (Lipinski definition) is 2. The second kappa shape index (κ2) is 5.69. The molecule has 1 aromatic heterocycles. The van der Waals surface area contributed by atoms with Crippen LogP contribution in [0.5, 0.6) is 0 Å². The molecule has 0 atom stereocenters. The number of hydrazine groups is 1. The average Bonchev–Trinajstić information content (AvgIpc) is 2.46. The van der Waals surface area contributed by atoms with Gasteiger partial charge in [-0.1, -0.05) is 17.7 Å². The fraction of sp³-hybridized carbons (Fsp3) is 0.375. The van der Waals surface area contributed by atoms with Gasteiger partial charge in [-0.05, 0) is 38.3 Å². The Morgan fingerprint density at radius 1 is 1.24 bits per heavy atom. The van der Waals surface area contributed by atoms with Crippen LogP contribution in [0.2, 0.25) is 0 Å². The Morgan fingerprint density at radius 3 is 2.90 bits per heavy atom. The monoisotopic (exact) mass is 283 g/mol. The van der Waals surface area contributed by atoms with Crippen LogP contribution in [-0.2, 0) is 13.0 Å². The topological polar surface area (TPSA) is 67.1 Å². The van der Waals surface area contributed by atoms with Crippen LogP contribution in [0.25, 0.3) is 0 Å². The molecular formula is C16H21N5. The molecule has 3 rings (SSSR count). The number of fused-ring (bicyclic) bond motifs is 1. The maximum atomic E-state index is 5.46. The third-order valence-electron chi connectivity index (χ3n) is 3.83. The van der Waals surface area contributed by atoms with E-state index in [1.807, 2.05) is 13.0 Å². The highest BCUT2D eigenvalue weighted by atomic mass is 15.3. The first-order chi connectivity index (χ1) is 10.2. The summed E-state index contributed by atoms with van der Waals surface area (Å²) in [4.78, 5) is 11.3. The zero-order valence-electron chi connectivity index (χ0n) is 12.6. The summed E-state index contributed by atoms with van der Waals surface area (Å²) in [5, 5.41) is 0. The Balaban J connectivity index is 1.88. The van der Waals surface area contributed by atoms with E-state index >= 15 is 0 Å². The van der Waals surface area contributed by atoms with Gasteiger partial charge in [0.1, 0.15) is 11.6 Å². The lowest BCUT2D eigenvalue weighted by Crippen LogP contribution is -2.30. The van der Waals surface area contributed by atoms with Crippen molar-refractivity contribution >= 4 is 11.5 Å². The lowest BCUT2D eigenvalue weighted by atomic mass is 9.99. The molecule has 110 valence electrons. The molecule has 0 radical (unpaired) electrons. The number of aromatic nitrogens is 2. The highest BCUT2D eigenvalue weighted by Gasteiger charge is 2.18. The number of nitrogen functional groups attached to an aromatic ring is 1. The summed E-state index contributed by atoms with van der Waals surface area (Å²) in [6, 6.07) is 8.51. The fourth-order valence-corrected chi connectivity index (χ4v) is 2.91. The minimum atomic E-state index is 0.665. The van der Waals surface area contributed by atoms with E-state index in [0.717, 1.165) is 24.5 Å². The van der Waals surface area contributed by atoms with Gasteiger partial charge >= 0.3 is 0 Å². The zero-order chi connectivity index (χ0) is 14.8. The van der Waals surface area contributed by atoms with Crippen molar-refractivity contribution in [2.45, 2.75) is 33.2 Å². The smallest absolute Gasteiger partial charge is 0.150 e. The van der Waals surface area contributed by atoms with Crippen LogP contribution < -0.4 is 16.2 Å². The molecule has 3 N–H and O–H groups in total. The van der Waals surface area contributed by atoms with Crippen LogP contribution in [0.1, 0.15) is 29.1 Å². The van der Waals surface area contributed by atoms with Crippen molar-refractivity contribution in [2.24, 2.45) is 5.84 Å². The molecule has 0 aliphatic carbocycles. The minimum absolute atomic E-state index is 0.665. The lowest BCUT2D eigenvalue weighted by Gasteiger charge is -2.31. The summed E-state index contributed by atoms with van der Waals surface area (Å²) in [6.45, 7) is 5.85. The molecule has 0 unspecified atom stereocenters. The van der Waals surface area contributed by atoms with Crippen molar-refractivity contribution in [3.05, 3.63) is 46.9 Å². The van der Waals surface area contributed by atoms with Gasteiger partial charge in [-0.15, -0.1) is 0 Å². The largest absolute Gasteiger partial charge is 0.364 e. The van der Waals surface area contributed by atoms with Crippen LogP contribution in [0.3, 0.4) is 0 Å². The second-order valence-electron chi connectivity index (χ2n) is 5.61. The fourth-order valence-electron chi connectivity index (χ4n) is 2.91. The Bertz CT molecular complexity index is 653. The van der Waals surface area contributed by atoms with Gasteiger partial charge in [-0.3, -0.25) is 0 Å². The summed E-state index contributed by atoms with van der Waals surface area (Å²) in [6.07, 6.45) is 2.32. The van der Waals surface area contributed by atoms with Gasteiger partial charge in [0.05, 0.1) is 6.54 Å². The zero-order valence-corrected chi connectivity index (χ0v) is 12.6. The van der Waals surface area contributed by atoms with Gasteiger partial charge in [-0.2, -0.15) is 0 Å². The summed E-state index contributed by atoms with van der Waals surface area (Å²) in [7, 11) is 0. The van der Waals surface area contributed by atoms with Crippen molar-refractivity contribution in [1.82, 2.24) is 9.97 Å². The van der Waals surface area contributed by atoms with Gasteiger partial charge in [0.2, 0.25) is 0 Å². The third kappa shape index (κ3) is 2.97. The van der Waals surface area contributed by atoms with Gasteiger partial charge in [0, 0.05) is 24.0 Å². The molecule has 0 amide bonds. The number of nitrogens with two attached hydrogens (primary N) is 1. The maximum absolute atomic E-state index is 5.46. The number of benzene rings is 1. The highest BCUT2D eigenvalue weighted by molar-refractivity contribution is 5.56. The van der Waals surface area contributed by atoms with E-state index in [-0.39, 0.29) is 0 Å². The quantitative estimate of drug-likeness (QED) is 0.668. The van der Waals surface area contributed by atoms with Crippen LogP contribution in [-0.4, -0.2) is 16.5 Å². The number of hydrogen-bond acceptors (Lipinski definition) is 5. The Hall–Kier alpha value is -2.14. The van der Waals surface area contributed by atoms with Crippen LogP contribution in [0, 0.1) is 13.8 Å². The van der Waals surface area contributed by atoms with E-state index in [1.165, 1.54) is 23.2 Å². The minimum Gasteiger partial charge on any atom is -0.364 e. The number of nitrogens with one attached hydrogen (secondary N) is 1. The number of rotatable bonds is 3. The van der Waals surface area contributed by atoms with Crippen LogP contribution >= 0.6 is 0 Å². The summed E-state index contributed by atoms with van der Waals surface area (Å²) >= 11 is 0. The molecule has 2 heterocycles. The van der Waals surface area contributed by atoms with E-state index in [4.69, 9.17) is 5.84 Å². The molecule has 1 aliphatic heterocycles. The lowest BCUT2D eigenvalue weighted by molar-refractivity contribution is 0.672. The molecule has 0 bridgehead atoms. The number of aryl methyl sites for hydroxylation is 3. The van der Waals surface area contributed by atoms with Crippen molar-refractivity contribution in [3.8, 4) is 0 Å². The molecule has 1 aromatic carbocycles. The van der Waals surface area contributed by atoms with E-state index in [9.17, 15) is 0 Å². The predicted octanol–water partition coefficient (Wildman–Crippen LogP) is 2.33. The molecule has 1 aliphatic rings. The van der Waals surface area contributed by atoms with Crippen molar-refractivity contribution in [1.29, 1.82) is 0 Å². The molecular weight excluding hydrogens is 262 g/mol. The predicted molar refractivity (Wildman–Crippen MR) is 85.1 cm³/mol. The van der Waals surface area contributed by atoms with Gasteiger partial charge < -0.3 is 10.3 Å². The summed E-state index contributed by atoms with van der Waals surface area (Å²) < 4.78 is 0. The Labute approximate surface area is 125 Å². The van der Waals surface area contributed by atoms with E-state index in [2.05, 4.69) is 45.4 Å². The van der Waals surface area contributed by atoms with Crippen LogP contribution in [0.4, 0.5) is 11.5 Å². The second-order valence-corrected chi connectivity index (χ2v) is 5.61. The first kappa shape index (κ1) is 13.8. The van der Waals surface area contributed by atoms with E-state index in [1.54, 1.807) is 0 Å². The number of anilines is 2. The Morgan fingerprint density at radius 2 is 2.10 bits per heavy atom. The molecule has 5 nitrogen and oxygen atoms in total. The first-order valence-electron chi connectivity index (χ1n) is 7.31. The molecule has 0 fully saturated rings. The van der Waals surface area contributed by atoms with Gasteiger partial charge in [-0.25, -0.2) is 15.8 Å². The first-order valence-corrected chi connectivity index (χ1v) is 7.31. The Kier molecular flexibility index (Phi) is 3.75. The van der Waals surface area contributed by atoms with Gasteiger partial charge in [0.15, 0.2) is 0 Å². The van der Waals surface area contributed by atoms with E-state index in [0.29, 0.717) is 12.4 Å². The van der Waals surface area contributed by atoms with E-state index < -0.39 is 0 Å². The SMILES string of the molecule is Cc1ccc2c(c1)CCCN2Cc1nc(C)cc(NN)n1. The molecule has 5 heteroatoms. The van der Waals surface area contributed by atoms with Crippen LogP contribution in [0.15, 0.2) is 24.3 Å². The molecule has 0 spiro atoms. The van der Waals surface area contributed by atoms with Crippen molar-refractivity contribution in [3.63, 3.8) is 0 Å². The number of nitrogens with zero attached hydrogens (tertiary/aromatic N) is 3. The summed E-state index contributed by atoms with van der Waals surface area (Å²) in [5.41, 5.74) is 7.57. The molecule has 0 saturated carbocycles. The summed E-state index contributed by atoms with van der Waals surface area (Å²) in [5.74, 6) is 6.93. The molecule has 21 heavy (non-hydrogen) atoms. The maximum Gasteiger partial charge on any atom is 0.150 e. The highest BCUT2D eigenvalue weighted by Crippen LogP contribution is 2.28. The van der Waals surface area contributed by atoms with Gasteiger partial charge in [0.25, 0.3) is 0 Å². The van der Waals surface area contributed by atoms with Crippen molar-refractivity contribution < 1.29 is 0 Å². The van der Waals surface area contributed by atoms with Crippen molar-refractivity contribution in [2.75, 3.05) is 16.9 Å². The molecule has 0 saturated heterocycles. The third-order valence-corrected chi connectivity index (χ3v) is 3.83. The normalized spacial score (nSPS) is 14.0.